The normalized spacial score (nSPS) is 10.8. The quantitative estimate of drug-likeness (QED) is 0.384. The lowest BCUT2D eigenvalue weighted by Gasteiger charge is -2.08. The van der Waals surface area contributed by atoms with Crippen LogP contribution in [0.1, 0.15) is 23.2 Å². The Morgan fingerprint density at radius 3 is 2.56 bits per heavy atom. The monoisotopic (exact) mass is 447 g/mol. The Morgan fingerprint density at radius 1 is 1.03 bits per heavy atom. The van der Waals surface area contributed by atoms with Crippen LogP contribution in [0.2, 0.25) is 5.02 Å². The zero-order valence-corrected chi connectivity index (χ0v) is 18.4. The van der Waals surface area contributed by atoms with E-state index in [0.717, 1.165) is 33.8 Å². The van der Waals surface area contributed by atoms with Crippen LogP contribution < -0.4 is 5.32 Å². The third-order valence-electron chi connectivity index (χ3n) is 5.15. The molecule has 0 radical (unpaired) electrons. The molecule has 0 aliphatic carbocycles. The molecular formula is C26H23ClFN3O. The highest BCUT2D eigenvalue weighted by Gasteiger charge is 2.14. The van der Waals surface area contributed by atoms with Gasteiger partial charge < -0.3 is 5.32 Å². The summed E-state index contributed by atoms with van der Waals surface area (Å²) in [7, 11) is 0. The summed E-state index contributed by atoms with van der Waals surface area (Å²) in [5.41, 5.74) is 5.25. The summed E-state index contributed by atoms with van der Waals surface area (Å²) in [6, 6.07) is 23.7. The van der Waals surface area contributed by atoms with Crippen LogP contribution in [-0.4, -0.2) is 15.7 Å². The first-order valence-corrected chi connectivity index (χ1v) is 10.8. The van der Waals surface area contributed by atoms with Crippen molar-refractivity contribution in [3.05, 3.63) is 107 Å². The molecule has 0 fully saturated rings. The number of benzene rings is 3. The predicted octanol–water partition coefficient (Wildman–Crippen LogP) is 5.89. The largest absolute Gasteiger partial charge is 0.352 e. The third-order valence-corrected chi connectivity index (χ3v) is 5.38. The zero-order valence-electron chi connectivity index (χ0n) is 17.7. The van der Waals surface area contributed by atoms with Crippen LogP contribution in [0.15, 0.2) is 78.9 Å². The van der Waals surface area contributed by atoms with E-state index in [1.807, 2.05) is 61.5 Å². The Morgan fingerprint density at radius 2 is 1.81 bits per heavy atom. The second kappa shape index (κ2) is 9.79. The second-order valence-electron chi connectivity index (χ2n) is 7.69. The van der Waals surface area contributed by atoms with Gasteiger partial charge in [0, 0.05) is 30.0 Å². The molecule has 0 spiro atoms. The first-order valence-electron chi connectivity index (χ1n) is 10.4. The lowest BCUT2D eigenvalue weighted by atomic mass is 10.1. The van der Waals surface area contributed by atoms with Gasteiger partial charge in [0.2, 0.25) is 5.91 Å². The highest BCUT2D eigenvalue weighted by Crippen LogP contribution is 2.25. The van der Waals surface area contributed by atoms with E-state index in [4.69, 9.17) is 16.7 Å². The summed E-state index contributed by atoms with van der Waals surface area (Å²) in [4.78, 5) is 12.4. The van der Waals surface area contributed by atoms with Crippen molar-refractivity contribution in [3.63, 3.8) is 0 Å². The van der Waals surface area contributed by atoms with Crippen molar-refractivity contribution in [2.45, 2.75) is 26.3 Å². The van der Waals surface area contributed by atoms with Crippen molar-refractivity contribution in [1.82, 2.24) is 15.1 Å². The van der Waals surface area contributed by atoms with E-state index in [9.17, 15) is 9.18 Å². The summed E-state index contributed by atoms with van der Waals surface area (Å²) in [6.07, 6.45) is 0.774. The van der Waals surface area contributed by atoms with Crippen LogP contribution in [0.25, 0.3) is 16.9 Å². The van der Waals surface area contributed by atoms with Crippen molar-refractivity contribution in [2.75, 3.05) is 0 Å². The summed E-state index contributed by atoms with van der Waals surface area (Å²) in [6.45, 7) is 2.44. The molecule has 0 aliphatic heterocycles. The Kier molecular flexibility index (Phi) is 6.66. The molecular weight excluding hydrogens is 425 g/mol. The van der Waals surface area contributed by atoms with Gasteiger partial charge in [-0.1, -0.05) is 53.6 Å². The number of aryl methyl sites for hydroxylation is 2. The van der Waals surface area contributed by atoms with E-state index < -0.39 is 0 Å². The van der Waals surface area contributed by atoms with Crippen molar-refractivity contribution >= 4 is 17.5 Å². The zero-order chi connectivity index (χ0) is 22.5. The van der Waals surface area contributed by atoms with E-state index >= 15 is 0 Å². The molecule has 32 heavy (non-hydrogen) atoms. The standard InChI is InChI=1S/C26H23ClFN3O/c1-18-8-11-24(12-9-18)31-25(20-5-3-7-22(28)15-20)16-23(30-31)10-13-26(32)29-17-19-4-2-6-21(27)14-19/h2-9,11-12,14-16H,10,13,17H2,1H3,(H,29,32). The number of hydrogen-bond donors (Lipinski definition) is 1. The van der Waals surface area contributed by atoms with Gasteiger partial charge >= 0.3 is 0 Å². The summed E-state index contributed by atoms with van der Waals surface area (Å²) < 4.78 is 15.7. The maximum atomic E-state index is 13.9. The van der Waals surface area contributed by atoms with Crippen LogP contribution >= 0.6 is 11.6 Å². The van der Waals surface area contributed by atoms with E-state index in [1.54, 1.807) is 16.8 Å². The number of carbonyl (C=O) groups is 1. The van der Waals surface area contributed by atoms with Gasteiger partial charge in [-0.2, -0.15) is 5.10 Å². The van der Waals surface area contributed by atoms with Crippen molar-refractivity contribution in [1.29, 1.82) is 0 Å². The van der Waals surface area contributed by atoms with Crippen LogP contribution in [0.5, 0.6) is 0 Å². The molecule has 4 rings (SSSR count). The molecule has 1 heterocycles. The molecule has 6 heteroatoms. The predicted molar refractivity (Wildman–Crippen MR) is 125 cm³/mol. The van der Waals surface area contributed by atoms with Crippen molar-refractivity contribution < 1.29 is 9.18 Å². The van der Waals surface area contributed by atoms with Gasteiger partial charge in [0.25, 0.3) is 0 Å². The van der Waals surface area contributed by atoms with Crippen LogP contribution in [0.4, 0.5) is 4.39 Å². The minimum Gasteiger partial charge on any atom is -0.352 e. The molecule has 1 N–H and O–H groups in total. The number of amides is 1. The maximum Gasteiger partial charge on any atom is 0.220 e. The fraction of sp³-hybridized carbons (Fsp3) is 0.154. The van der Waals surface area contributed by atoms with E-state index in [1.165, 1.54) is 12.1 Å². The van der Waals surface area contributed by atoms with E-state index in [0.29, 0.717) is 24.4 Å². The molecule has 0 saturated heterocycles. The number of hydrogen-bond acceptors (Lipinski definition) is 2. The Labute approximate surface area is 191 Å². The van der Waals surface area contributed by atoms with Gasteiger partial charge in [0.15, 0.2) is 0 Å². The first kappa shape index (κ1) is 21.8. The first-order chi connectivity index (χ1) is 15.5. The minimum atomic E-state index is -0.305. The molecule has 4 nitrogen and oxygen atoms in total. The number of rotatable bonds is 7. The number of halogens is 2. The van der Waals surface area contributed by atoms with Crippen LogP contribution in [-0.2, 0) is 17.8 Å². The van der Waals surface area contributed by atoms with Crippen molar-refractivity contribution in [2.24, 2.45) is 0 Å². The topological polar surface area (TPSA) is 46.9 Å². The molecule has 4 aromatic rings. The van der Waals surface area contributed by atoms with Gasteiger partial charge in [-0.3, -0.25) is 4.79 Å². The van der Waals surface area contributed by atoms with Crippen molar-refractivity contribution in [3.8, 4) is 16.9 Å². The number of nitrogens with one attached hydrogen (secondary N) is 1. The number of aromatic nitrogens is 2. The molecule has 0 bridgehead atoms. The minimum absolute atomic E-state index is 0.0674. The molecule has 1 amide bonds. The summed E-state index contributed by atoms with van der Waals surface area (Å²) >= 11 is 5.99. The van der Waals surface area contributed by atoms with Gasteiger partial charge in [0.1, 0.15) is 5.82 Å². The summed E-state index contributed by atoms with van der Waals surface area (Å²) in [5.74, 6) is -0.372. The van der Waals surface area contributed by atoms with Gasteiger partial charge in [-0.25, -0.2) is 9.07 Å². The van der Waals surface area contributed by atoms with Crippen LogP contribution in [0.3, 0.4) is 0 Å². The van der Waals surface area contributed by atoms with E-state index in [-0.39, 0.29) is 11.7 Å². The molecule has 0 aliphatic rings. The Balaban J connectivity index is 1.50. The lowest BCUT2D eigenvalue weighted by molar-refractivity contribution is -0.121. The Hall–Kier alpha value is -3.44. The molecule has 0 unspecified atom stereocenters. The highest BCUT2D eigenvalue weighted by atomic mass is 35.5. The molecule has 3 aromatic carbocycles. The average Bonchev–Trinajstić information content (AvgIpc) is 3.21. The molecule has 1 aromatic heterocycles. The second-order valence-corrected chi connectivity index (χ2v) is 8.12. The Bertz CT molecular complexity index is 1230. The van der Waals surface area contributed by atoms with Gasteiger partial charge in [-0.15, -0.1) is 0 Å². The van der Waals surface area contributed by atoms with E-state index in [2.05, 4.69) is 5.32 Å². The molecule has 0 atom stereocenters. The van der Waals surface area contributed by atoms with Gasteiger partial charge in [0.05, 0.1) is 17.1 Å². The highest BCUT2D eigenvalue weighted by molar-refractivity contribution is 6.30. The fourth-order valence-electron chi connectivity index (χ4n) is 3.47. The fourth-order valence-corrected chi connectivity index (χ4v) is 3.68. The summed E-state index contributed by atoms with van der Waals surface area (Å²) in [5, 5.41) is 8.27. The molecule has 0 saturated carbocycles. The number of nitrogens with zero attached hydrogens (tertiary/aromatic N) is 2. The SMILES string of the molecule is Cc1ccc(-n2nc(CCC(=O)NCc3cccc(Cl)c3)cc2-c2cccc(F)c2)cc1. The average molecular weight is 448 g/mol. The molecule has 162 valence electrons. The number of carbonyl (C=O) groups excluding carboxylic acids is 1. The van der Waals surface area contributed by atoms with Crippen LogP contribution in [0, 0.1) is 12.7 Å². The maximum absolute atomic E-state index is 13.9. The third kappa shape index (κ3) is 5.42. The smallest absolute Gasteiger partial charge is 0.220 e. The van der Waals surface area contributed by atoms with Gasteiger partial charge in [-0.05, 0) is 55.0 Å². The lowest BCUT2D eigenvalue weighted by Crippen LogP contribution is -2.23.